The van der Waals surface area contributed by atoms with E-state index >= 15 is 0 Å². The van der Waals surface area contributed by atoms with Gasteiger partial charge in [0.25, 0.3) is 0 Å². The summed E-state index contributed by atoms with van der Waals surface area (Å²) in [6.45, 7) is 4.33. The van der Waals surface area contributed by atoms with E-state index in [1.54, 1.807) is 18.6 Å². The molecule has 0 saturated carbocycles. The molecule has 0 spiro atoms. The minimum absolute atomic E-state index is 0.386. The van der Waals surface area contributed by atoms with Gasteiger partial charge in [-0.2, -0.15) is 5.10 Å². The van der Waals surface area contributed by atoms with E-state index in [0.29, 0.717) is 40.5 Å². The number of aromatic amines is 2. The lowest BCUT2D eigenvalue weighted by Gasteiger charge is -2.26. The first kappa shape index (κ1) is 28.1. The van der Waals surface area contributed by atoms with Gasteiger partial charge in [0.2, 0.25) is 0 Å². The average Bonchev–Trinajstić information content (AvgIpc) is 3.65. The minimum atomic E-state index is -0.386. The maximum Gasteiger partial charge on any atom is 0.159 e. The molecule has 6 heterocycles. The molecule has 44 heavy (non-hydrogen) atoms. The smallest absolute Gasteiger partial charge is 0.159 e. The molecule has 10 nitrogen and oxygen atoms in total. The van der Waals surface area contributed by atoms with Gasteiger partial charge >= 0.3 is 0 Å². The third-order valence-corrected chi connectivity index (χ3v) is 8.00. The molecule has 1 aliphatic heterocycles. The summed E-state index contributed by atoms with van der Waals surface area (Å²) >= 11 is 0. The average molecular weight is 592 g/mol. The maximum atomic E-state index is 14.7. The number of halogens is 1. The van der Waals surface area contributed by atoms with E-state index < -0.39 is 0 Å². The molecule has 1 aromatic carbocycles. The van der Waals surface area contributed by atoms with Crippen molar-refractivity contribution >= 4 is 21.9 Å². The van der Waals surface area contributed by atoms with Crippen LogP contribution in [0.5, 0.6) is 5.75 Å². The van der Waals surface area contributed by atoms with Crippen LogP contribution < -0.4 is 4.74 Å². The molecule has 0 amide bonds. The molecule has 5 aromatic heterocycles. The molecule has 0 radical (unpaired) electrons. The highest BCUT2D eigenvalue weighted by Crippen LogP contribution is 2.33. The maximum absolute atomic E-state index is 14.7. The number of pyridine rings is 3. The van der Waals surface area contributed by atoms with Crippen LogP contribution in [0.3, 0.4) is 0 Å². The Morgan fingerprint density at radius 2 is 1.77 bits per heavy atom. The number of rotatable bonds is 9. The zero-order valence-electron chi connectivity index (χ0n) is 24.8. The standard InChI is InChI=1S/C33H34FN9O/c1-42(2)8-9-44-25-12-22(11-24(34)13-25)27-17-36-18-30-31(27)39-33(38-30)32-26-14-28(37-19-29(26)40-41-32)23-10-21(15-35-16-23)20-43-6-4-3-5-7-43/h10-19H,3-9,20H2,1-2H3,(H,38,39)(H,40,41). The molecular weight excluding hydrogens is 557 g/mol. The number of fused-ring (bicyclic) bond motifs is 2. The van der Waals surface area contributed by atoms with Crippen molar-refractivity contribution in [3.05, 3.63) is 72.7 Å². The highest BCUT2D eigenvalue weighted by molar-refractivity contribution is 5.97. The first-order valence-electron chi connectivity index (χ1n) is 14.9. The summed E-state index contributed by atoms with van der Waals surface area (Å²) in [7, 11) is 3.93. The van der Waals surface area contributed by atoms with Gasteiger partial charge in [0.05, 0.1) is 34.6 Å². The fraction of sp³-hybridized carbons (Fsp3) is 0.303. The summed E-state index contributed by atoms with van der Waals surface area (Å²) in [5, 5.41) is 8.55. The van der Waals surface area contributed by atoms with Crippen LogP contribution in [0.2, 0.25) is 0 Å². The summed E-state index contributed by atoms with van der Waals surface area (Å²) in [4.78, 5) is 26.4. The zero-order chi connectivity index (χ0) is 30.0. The van der Waals surface area contributed by atoms with Crippen LogP contribution in [-0.4, -0.2) is 85.3 Å². The van der Waals surface area contributed by atoms with E-state index in [1.165, 1.54) is 37.0 Å². The van der Waals surface area contributed by atoms with Crippen LogP contribution in [0.15, 0.2) is 61.3 Å². The van der Waals surface area contributed by atoms with Gasteiger partial charge in [0.1, 0.15) is 23.9 Å². The Morgan fingerprint density at radius 1 is 0.909 bits per heavy atom. The van der Waals surface area contributed by atoms with E-state index in [-0.39, 0.29) is 5.82 Å². The largest absolute Gasteiger partial charge is 0.492 e. The molecule has 0 bridgehead atoms. The van der Waals surface area contributed by atoms with Gasteiger partial charge in [0, 0.05) is 54.3 Å². The van der Waals surface area contributed by atoms with Gasteiger partial charge < -0.3 is 14.6 Å². The summed E-state index contributed by atoms with van der Waals surface area (Å²) in [5.74, 6) is 0.652. The Morgan fingerprint density at radius 3 is 2.64 bits per heavy atom. The lowest BCUT2D eigenvalue weighted by atomic mass is 10.1. The number of piperidine rings is 1. The fourth-order valence-electron chi connectivity index (χ4n) is 5.75. The summed E-state index contributed by atoms with van der Waals surface area (Å²) < 4.78 is 20.5. The number of hydrogen-bond acceptors (Lipinski definition) is 8. The normalized spacial score (nSPS) is 14.2. The monoisotopic (exact) mass is 591 g/mol. The van der Waals surface area contributed by atoms with Crippen LogP contribution in [0.4, 0.5) is 4.39 Å². The third kappa shape index (κ3) is 5.88. The number of likely N-dealkylation sites (tertiary alicyclic amines) is 1. The van der Waals surface area contributed by atoms with E-state index in [9.17, 15) is 4.39 Å². The van der Waals surface area contributed by atoms with Gasteiger partial charge in [-0.05, 0) is 75.4 Å². The minimum Gasteiger partial charge on any atom is -0.492 e. The van der Waals surface area contributed by atoms with E-state index in [0.717, 1.165) is 53.9 Å². The van der Waals surface area contributed by atoms with Crippen LogP contribution >= 0.6 is 0 Å². The second-order valence-electron chi connectivity index (χ2n) is 11.6. The zero-order valence-corrected chi connectivity index (χ0v) is 24.8. The summed E-state index contributed by atoms with van der Waals surface area (Å²) in [6.07, 6.45) is 12.8. The van der Waals surface area contributed by atoms with E-state index in [2.05, 4.69) is 36.1 Å². The fourth-order valence-corrected chi connectivity index (χ4v) is 5.75. The number of nitrogens with one attached hydrogen (secondary N) is 2. The van der Waals surface area contributed by atoms with Crippen molar-refractivity contribution in [2.75, 3.05) is 40.3 Å². The second kappa shape index (κ2) is 12.1. The predicted molar refractivity (Wildman–Crippen MR) is 169 cm³/mol. The van der Waals surface area contributed by atoms with Gasteiger partial charge in [-0.15, -0.1) is 0 Å². The number of benzene rings is 1. The molecule has 7 rings (SSSR count). The lowest BCUT2D eigenvalue weighted by Crippen LogP contribution is -2.29. The molecule has 0 atom stereocenters. The Balaban J connectivity index is 1.21. The molecule has 1 aliphatic rings. The van der Waals surface area contributed by atoms with Crippen molar-refractivity contribution in [2.45, 2.75) is 25.8 Å². The number of aromatic nitrogens is 7. The SMILES string of the molecule is CN(C)CCOc1cc(F)cc(-c2cncc3[nH]c(-c4n[nH]c5cnc(-c6cncc(CN7CCCCC7)c6)cc45)nc23)c1. The predicted octanol–water partition coefficient (Wildman–Crippen LogP) is 5.69. The van der Waals surface area contributed by atoms with Crippen molar-refractivity contribution in [3.63, 3.8) is 0 Å². The Labute approximate surface area is 254 Å². The van der Waals surface area contributed by atoms with Crippen molar-refractivity contribution in [1.29, 1.82) is 0 Å². The Hall–Kier alpha value is -4.74. The van der Waals surface area contributed by atoms with Gasteiger partial charge in [-0.25, -0.2) is 9.37 Å². The number of H-pyrrole nitrogens is 2. The van der Waals surface area contributed by atoms with Crippen LogP contribution in [-0.2, 0) is 6.54 Å². The molecule has 224 valence electrons. The van der Waals surface area contributed by atoms with Crippen molar-refractivity contribution in [3.8, 4) is 39.7 Å². The second-order valence-corrected chi connectivity index (χ2v) is 11.6. The molecule has 11 heteroatoms. The molecule has 1 fully saturated rings. The molecule has 2 N–H and O–H groups in total. The topological polar surface area (TPSA) is 112 Å². The third-order valence-electron chi connectivity index (χ3n) is 8.00. The van der Waals surface area contributed by atoms with Crippen LogP contribution in [0.1, 0.15) is 24.8 Å². The molecular formula is C33H34FN9O. The van der Waals surface area contributed by atoms with Gasteiger partial charge in [-0.3, -0.25) is 25.0 Å². The summed E-state index contributed by atoms with van der Waals surface area (Å²) in [6, 6.07) is 8.87. The van der Waals surface area contributed by atoms with Crippen molar-refractivity contribution in [2.24, 2.45) is 0 Å². The highest BCUT2D eigenvalue weighted by Gasteiger charge is 2.18. The quantitative estimate of drug-likeness (QED) is 0.221. The summed E-state index contributed by atoms with van der Waals surface area (Å²) in [5.41, 5.74) is 7.13. The number of ether oxygens (including phenoxy) is 1. The molecule has 0 unspecified atom stereocenters. The van der Waals surface area contributed by atoms with Crippen molar-refractivity contribution < 1.29 is 9.13 Å². The number of hydrogen-bond donors (Lipinski definition) is 2. The van der Waals surface area contributed by atoms with Gasteiger partial charge in [-0.1, -0.05) is 6.42 Å². The number of nitrogens with zero attached hydrogens (tertiary/aromatic N) is 7. The van der Waals surface area contributed by atoms with E-state index in [4.69, 9.17) is 14.7 Å². The number of likely N-dealkylation sites (N-methyl/N-ethyl adjacent to an activating group) is 1. The van der Waals surface area contributed by atoms with Gasteiger partial charge in [0.15, 0.2) is 5.82 Å². The lowest BCUT2D eigenvalue weighted by molar-refractivity contribution is 0.220. The van der Waals surface area contributed by atoms with Crippen molar-refractivity contribution in [1.82, 2.24) is 44.9 Å². The Kier molecular flexibility index (Phi) is 7.71. The first-order valence-corrected chi connectivity index (χ1v) is 14.9. The van der Waals surface area contributed by atoms with Crippen LogP contribution in [0.25, 0.3) is 55.8 Å². The first-order chi connectivity index (χ1) is 21.5. The van der Waals surface area contributed by atoms with E-state index in [1.807, 2.05) is 43.5 Å². The number of imidazole rings is 1. The molecule has 1 saturated heterocycles. The highest BCUT2D eigenvalue weighted by atomic mass is 19.1. The molecule has 0 aliphatic carbocycles. The Bertz CT molecular complexity index is 1930. The van der Waals surface area contributed by atoms with Crippen LogP contribution in [0, 0.1) is 5.82 Å². The molecule has 6 aromatic rings.